The number of aliphatic carboxylic acids is 1. The van der Waals surface area contributed by atoms with E-state index >= 15 is 0 Å². The number of carboxylic acid groups (broad SMARTS) is 1. The summed E-state index contributed by atoms with van der Waals surface area (Å²) in [4.78, 5) is 25.4. The predicted octanol–water partition coefficient (Wildman–Crippen LogP) is 6.03. The average Bonchev–Trinajstić information content (AvgIpc) is 2.99. The first-order valence-electron chi connectivity index (χ1n) is 15.8. The first-order valence-corrected chi connectivity index (χ1v) is 15.8. The molecule has 0 radical (unpaired) electrons. The summed E-state index contributed by atoms with van der Waals surface area (Å²) in [5, 5.41) is 21.2. The summed E-state index contributed by atoms with van der Waals surface area (Å²) in [7, 11) is 0. The maximum Gasteiger partial charge on any atom is 0.303 e. The minimum Gasteiger partial charge on any atom is -0.481 e. The molecular weight excluding hydrogens is 532 g/mol. The van der Waals surface area contributed by atoms with Crippen LogP contribution < -0.4 is 5.32 Å². The van der Waals surface area contributed by atoms with Gasteiger partial charge < -0.3 is 29.9 Å². The van der Waals surface area contributed by atoms with Crippen LogP contribution in [0.25, 0.3) is 0 Å². The van der Waals surface area contributed by atoms with Crippen molar-refractivity contribution in [2.75, 3.05) is 19.6 Å². The van der Waals surface area contributed by atoms with Gasteiger partial charge in [0, 0.05) is 37.9 Å². The van der Waals surface area contributed by atoms with E-state index in [1.54, 1.807) is 0 Å². The first-order chi connectivity index (χ1) is 20.5. The van der Waals surface area contributed by atoms with Crippen LogP contribution in [0.15, 0.2) is 48.5 Å². The standard InChI is InChI=1S/C34H48N2O6/c37-25-27-14-16-28(17-15-27)31-22-30(24-36-20-8-4-1-5-9-21-36)41-34(42-31)29-18-12-26(13-19-29)23-35-32(38)10-6-2-3-7-11-33(39)40/h12-19,30-31,34,37H,1-11,20-25H2,(H,35,38)(H,39,40)/t30-,31+,34+/m1/s1. The van der Waals surface area contributed by atoms with Crippen molar-refractivity contribution in [2.24, 2.45) is 0 Å². The predicted molar refractivity (Wildman–Crippen MR) is 162 cm³/mol. The van der Waals surface area contributed by atoms with Gasteiger partial charge in [-0.2, -0.15) is 0 Å². The van der Waals surface area contributed by atoms with E-state index in [0.29, 0.717) is 19.4 Å². The fourth-order valence-electron chi connectivity index (χ4n) is 5.81. The number of unbranched alkanes of at least 4 members (excludes halogenated alkanes) is 3. The highest BCUT2D eigenvalue weighted by Gasteiger charge is 2.33. The van der Waals surface area contributed by atoms with Crippen molar-refractivity contribution < 1.29 is 29.3 Å². The molecule has 2 fully saturated rings. The second kappa shape index (κ2) is 17.4. The fraction of sp³-hybridized carbons (Fsp3) is 0.588. The lowest BCUT2D eigenvalue weighted by atomic mass is 9.99. The molecule has 2 heterocycles. The van der Waals surface area contributed by atoms with Crippen LogP contribution in [0.3, 0.4) is 0 Å². The molecule has 4 rings (SSSR count). The maximum atomic E-state index is 12.3. The van der Waals surface area contributed by atoms with Crippen molar-refractivity contribution in [2.45, 2.75) is 109 Å². The Balaban J connectivity index is 1.32. The Kier molecular flexibility index (Phi) is 13.3. The number of aliphatic hydroxyl groups is 1. The number of aliphatic hydroxyl groups excluding tert-OH is 1. The highest BCUT2D eigenvalue weighted by atomic mass is 16.7. The van der Waals surface area contributed by atoms with E-state index in [1.165, 1.54) is 32.1 Å². The lowest BCUT2D eigenvalue weighted by molar-refractivity contribution is -0.253. The number of carboxylic acids is 1. The van der Waals surface area contributed by atoms with Crippen LogP contribution in [0, 0.1) is 0 Å². The van der Waals surface area contributed by atoms with E-state index in [9.17, 15) is 14.7 Å². The number of nitrogens with zero attached hydrogens (tertiary/aromatic N) is 1. The van der Waals surface area contributed by atoms with Crippen molar-refractivity contribution in [3.8, 4) is 0 Å². The van der Waals surface area contributed by atoms with Crippen LogP contribution in [0.5, 0.6) is 0 Å². The van der Waals surface area contributed by atoms with E-state index in [-0.39, 0.29) is 31.1 Å². The molecule has 230 valence electrons. The Labute approximate surface area is 250 Å². The Morgan fingerprint density at radius 1 is 0.786 bits per heavy atom. The molecule has 0 bridgehead atoms. The first kappa shape index (κ1) is 32.1. The summed E-state index contributed by atoms with van der Waals surface area (Å²) in [5.41, 5.74) is 3.95. The van der Waals surface area contributed by atoms with Gasteiger partial charge in [-0.3, -0.25) is 9.59 Å². The number of carbonyl (C=O) groups is 2. The molecule has 1 amide bonds. The summed E-state index contributed by atoms with van der Waals surface area (Å²) >= 11 is 0. The number of amides is 1. The van der Waals surface area contributed by atoms with E-state index in [1.807, 2.05) is 48.5 Å². The third-order valence-electron chi connectivity index (χ3n) is 8.31. The topological polar surface area (TPSA) is 108 Å². The van der Waals surface area contributed by atoms with E-state index in [2.05, 4.69) is 10.2 Å². The maximum absolute atomic E-state index is 12.3. The molecule has 3 atom stereocenters. The summed E-state index contributed by atoms with van der Waals surface area (Å²) in [6.07, 6.45) is 10.4. The molecule has 3 N–H and O–H groups in total. The molecule has 2 aromatic carbocycles. The minimum absolute atomic E-state index is 0.0124. The zero-order valence-electron chi connectivity index (χ0n) is 24.8. The van der Waals surface area contributed by atoms with Crippen LogP contribution in [-0.2, 0) is 32.2 Å². The number of rotatable bonds is 14. The van der Waals surface area contributed by atoms with Crippen molar-refractivity contribution in [3.05, 3.63) is 70.8 Å². The molecule has 2 aliphatic heterocycles. The smallest absolute Gasteiger partial charge is 0.303 e. The lowest BCUT2D eigenvalue weighted by Crippen LogP contribution is -2.40. The fourth-order valence-corrected chi connectivity index (χ4v) is 5.81. The zero-order valence-corrected chi connectivity index (χ0v) is 24.8. The summed E-state index contributed by atoms with van der Waals surface area (Å²) in [5.74, 6) is -0.755. The molecule has 0 spiro atoms. The third-order valence-corrected chi connectivity index (χ3v) is 8.31. The second-order valence-electron chi connectivity index (χ2n) is 11.7. The van der Waals surface area contributed by atoms with Gasteiger partial charge in [-0.1, -0.05) is 80.6 Å². The molecule has 0 aliphatic carbocycles. The molecule has 8 heteroatoms. The number of nitrogens with one attached hydrogen (secondary N) is 1. The largest absolute Gasteiger partial charge is 0.481 e. The quantitative estimate of drug-likeness (QED) is 0.234. The van der Waals surface area contributed by atoms with Gasteiger partial charge >= 0.3 is 5.97 Å². The van der Waals surface area contributed by atoms with Gasteiger partial charge in [-0.05, 0) is 55.5 Å². The van der Waals surface area contributed by atoms with Crippen LogP contribution in [-0.4, -0.2) is 52.7 Å². The number of carbonyl (C=O) groups excluding carboxylic acids is 1. The second-order valence-corrected chi connectivity index (χ2v) is 11.7. The molecule has 42 heavy (non-hydrogen) atoms. The minimum atomic E-state index is -0.767. The summed E-state index contributed by atoms with van der Waals surface area (Å²) in [6, 6.07) is 16.1. The van der Waals surface area contributed by atoms with Gasteiger partial charge in [0.05, 0.1) is 18.8 Å². The molecule has 0 unspecified atom stereocenters. The number of hydrogen-bond donors (Lipinski definition) is 3. The van der Waals surface area contributed by atoms with Crippen molar-refractivity contribution in [1.29, 1.82) is 0 Å². The van der Waals surface area contributed by atoms with E-state index < -0.39 is 12.3 Å². The van der Waals surface area contributed by atoms with Crippen LogP contribution in [0.2, 0.25) is 0 Å². The number of benzene rings is 2. The molecule has 2 aliphatic rings. The highest BCUT2D eigenvalue weighted by Crippen LogP contribution is 2.38. The molecule has 0 saturated carbocycles. The molecule has 8 nitrogen and oxygen atoms in total. The molecule has 0 aromatic heterocycles. The van der Waals surface area contributed by atoms with Gasteiger partial charge in [0.25, 0.3) is 0 Å². The Bertz CT molecular complexity index is 1080. The van der Waals surface area contributed by atoms with Crippen LogP contribution in [0.4, 0.5) is 0 Å². The van der Waals surface area contributed by atoms with Crippen molar-refractivity contribution in [3.63, 3.8) is 0 Å². The third kappa shape index (κ3) is 10.8. The zero-order chi connectivity index (χ0) is 29.6. The Morgan fingerprint density at radius 2 is 1.40 bits per heavy atom. The average molecular weight is 581 g/mol. The molecule has 2 saturated heterocycles. The van der Waals surface area contributed by atoms with Crippen molar-refractivity contribution >= 4 is 11.9 Å². The summed E-state index contributed by atoms with van der Waals surface area (Å²) in [6.45, 7) is 3.62. The van der Waals surface area contributed by atoms with Gasteiger partial charge in [0.15, 0.2) is 6.29 Å². The monoisotopic (exact) mass is 580 g/mol. The Hall–Kier alpha value is -2.78. The van der Waals surface area contributed by atoms with E-state index in [4.69, 9.17) is 14.6 Å². The lowest BCUT2D eigenvalue weighted by Gasteiger charge is -2.38. The Morgan fingerprint density at radius 3 is 2.07 bits per heavy atom. The molecular formula is C34H48N2O6. The normalized spacial score (nSPS) is 21.8. The van der Waals surface area contributed by atoms with Gasteiger partial charge in [-0.25, -0.2) is 0 Å². The summed E-state index contributed by atoms with van der Waals surface area (Å²) < 4.78 is 13.1. The number of likely N-dealkylation sites (tertiary alicyclic amines) is 1. The van der Waals surface area contributed by atoms with Crippen molar-refractivity contribution in [1.82, 2.24) is 10.2 Å². The highest BCUT2D eigenvalue weighted by molar-refractivity contribution is 5.75. The SMILES string of the molecule is O=C(O)CCCCCCC(=O)NCc1ccc([C@H]2O[C@@H](CN3CCCCCCC3)C[C@@H](c3ccc(CO)cc3)O2)cc1. The van der Waals surface area contributed by atoms with Crippen LogP contribution >= 0.6 is 0 Å². The van der Waals surface area contributed by atoms with Gasteiger partial charge in [0.1, 0.15) is 0 Å². The number of hydrogen-bond acceptors (Lipinski definition) is 6. The van der Waals surface area contributed by atoms with Gasteiger partial charge in [-0.15, -0.1) is 0 Å². The van der Waals surface area contributed by atoms with E-state index in [0.717, 1.165) is 67.6 Å². The molecule has 2 aromatic rings. The van der Waals surface area contributed by atoms with Gasteiger partial charge in [0.2, 0.25) is 5.91 Å². The van der Waals surface area contributed by atoms with Crippen LogP contribution in [0.1, 0.15) is 112 Å². The number of ether oxygens (including phenoxy) is 2.